The molecule has 110 valence electrons. The monoisotopic (exact) mass is 288 g/mol. The molecule has 0 saturated carbocycles. The van der Waals surface area contributed by atoms with Gasteiger partial charge in [0.1, 0.15) is 5.69 Å². The number of benzene rings is 1. The maximum atomic E-state index is 12.1. The van der Waals surface area contributed by atoms with Gasteiger partial charge in [0, 0.05) is 29.6 Å². The van der Waals surface area contributed by atoms with Gasteiger partial charge in [0.25, 0.3) is 11.6 Å². The second-order valence-electron chi connectivity index (χ2n) is 5.63. The van der Waals surface area contributed by atoms with Crippen LogP contribution in [0.4, 0.5) is 5.69 Å². The number of imidazole rings is 1. The molecule has 1 aromatic heterocycles. The molecule has 7 heteroatoms. The van der Waals surface area contributed by atoms with Crippen LogP contribution >= 0.6 is 0 Å². The van der Waals surface area contributed by atoms with Gasteiger partial charge >= 0.3 is 0 Å². The van der Waals surface area contributed by atoms with Crippen molar-refractivity contribution in [2.75, 3.05) is 0 Å². The summed E-state index contributed by atoms with van der Waals surface area (Å²) < 4.78 is 1.53. The summed E-state index contributed by atoms with van der Waals surface area (Å²) in [5.74, 6) is -0.345. The van der Waals surface area contributed by atoms with Crippen LogP contribution < -0.4 is 5.32 Å². The van der Waals surface area contributed by atoms with Gasteiger partial charge in [-0.25, -0.2) is 4.98 Å². The van der Waals surface area contributed by atoms with Crippen molar-refractivity contribution >= 4 is 11.6 Å². The quantitative estimate of drug-likeness (QED) is 0.693. The molecule has 0 aliphatic heterocycles. The smallest absolute Gasteiger partial charge is 0.294 e. The van der Waals surface area contributed by atoms with Gasteiger partial charge in [-0.3, -0.25) is 14.9 Å². The molecule has 0 atom stereocenters. The Morgan fingerprint density at radius 3 is 2.62 bits per heavy atom. The molecule has 0 unspecified atom stereocenters. The van der Waals surface area contributed by atoms with Gasteiger partial charge in [-0.15, -0.1) is 0 Å². The van der Waals surface area contributed by atoms with Crippen molar-refractivity contribution in [2.45, 2.75) is 26.3 Å². The van der Waals surface area contributed by atoms with Crippen LogP contribution in [0.5, 0.6) is 0 Å². The molecule has 7 nitrogen and oxygen atoms in total. The lowest BCUT2D eigenvalue weighted by molar-refractivity contribution is -0.384. The van der Waals surface area contributed by atoms with Crippen LogP contribution in [0.2, 0.25) is 0 Å². The molecule has 0 radical (unpaired) electrons. The van der Waals surface area contributed by atoms with Gasteiger partial charge in [0.15, 0.2) is 0 Å². The Hall–Kier alpha value is -2.70. The predicted octanol–water partition coefficient (Wildman–Crippen LogP) is 2.31. The number of nitrogens with zero attached hydrogens (tertiary/aromatic N) is 3. The number of nitrogens with one attached hydrogen (secondary N) is 1. The lowest BCUT2D eigenvalue weighted by Gasteiger charge is -2.20. The van der Waals surface area contributed by atoms with E-state index < -0.39 is 10.5 Å². The van der Waals surface area contributed by atoms with Gasteiger partial charge in [-0.1, -0.05) is 0 Å². The van der Waals surface area contributed by atoms with E-state index >= 15 is 0 Å². The molecule has 0 aliphatic rings. The molecular weight excluding hydrogens is 272 g/mol. The van der Waals surface area contributed by atoms with E-state index in [1.165, 1.54) is 29.2 Å². The Labute approximate surface area is 121 Å². The fraction of sp³-hybridized carbons (Fsp3) is 0.286. The molecule has 2 rings (SSSR count). The Balaban J connectivity index is 2.42. The number of carbonyl (C=O) groups excluding carboxylic acids is 1. The first-order valence-electron chi connectivity index (χ1n) is 6.37. The Morgan fingerprint density at radius 1 is 1.38 bits per heavy atom. The van der Waals surface area contributed by atoms with Crippen LogP contribution in [0.1, 0.15) is 31.1 Å². The van der Waals surface area contributed by atoms with E-state index in [-0.39, 0.29) is 17.2 Å². The first kappa shape index (κ1) is 14.7. The average Bonchev–Trinajstić information content (AvgIpc) is 2.89. The lowest BCUT2D eigenvalue weighted by Crippen LogP contribution is -2.40. The third kappa shape index (κ3) is 3.44. The summed E-state index contributed by atoms with van der Waals surface area (Å²) in [6, 6.07) is 4.37. The third-order valence-corrected chi connectivity index (χ3v) is 2.71. The number of nitro groups is 1. The Morgan fingerprint density at radius 2 is 2.10 bits per heavy atom. The zero-order valence-electron chi connectivity index (χ0n) is 12.0. The number of carbonyl (C=O) groups is 1. The maximum Gasteiger partial charge on any atom is 0.294 e. The molecule has 0 bridgehead atoms. The standard InChI is InChI=1S/C14H16N4O3/c1-14(2,3)16-13(19)10-4-5-11(12(8-10)18(20)21)17-7-6-15-9-17/h4-9H,1-3H3,(H,16,19). The van der Waals surface area contributed by atoms with Crippen LogP contribution in [0.25, 0.3) is 5.69 Å². The third-order valence-electron chi connectivity index (χ3n) is 2.71. The fourth-order valence-electron chi connectivity index (χ4n) is 1.84. The summed E-state index contributed by atoms with van der Waals surface area (Å²) in [6.07, 6.45) is 4.61. The summed E-state index contributed by atoms with van der Waals surface area (Å²) in [5, 5.41) is 14.0. The number of aromatic nitrogens is 2. The van der Waals surface area contributed by atoms with E-state index in [9.17, 15) is 14.9 Å². The molecule has 1 amide bonds. The topological polar surface area (TPSA) is 90.1 Å². The SMILES string of the molecule is CC(C)(C)NC(=O)c1ccc(-n2ccnc2)c([N+](=O)[O-])c1. The van der Waals surface area contributed by atoms with Crippen molar-refractivity contribution in [3.63, 3.8) is 0 Å². The minimum Gasteiger partial charge on any atom is -0.347 e. The van der Waals surface area contributed by atoms with Crippen molar-refractivity contribution in [2.24, 2.45) is 0 Å². The minimum absolute atomic E-state index is 0.144. The number of hydrogen-bond acceptors (Lipinski definition) is 4. The molecule has 0 fully saturated rings. The van der Waals surface area contributed by atoms with Crippen molar-refractivity contribution in [3.05, 3.63) is 52.6 Å². The highest BCUT2D eigenvalue weighted by Gasteiger charge is 2.21. The second-order valence-corrected chi connectivity index (χ2v) is 5.63. The van der Waals surface area contributed by atoms with E-state index in [0.29, 0.717) is 5.69 Å². The highest BCUT2D eigenvalue weighted by molar-refractivity contribution is 5.95. The van der Waals surface area contributed by atoms with Gasteiger partial charge < -0.3 is 9.88 Å². The molecule has 1 aromatic carbocycles. The van der Waals surface area contributed by atoms with Crippen LogP contribution in [0.3, 0.4) is 0 Å². The van der Waals surface area contributed by atoms with Gasteiger partial charge in [0.2, 0.25) is 0 Å². The summed E-state index contributed by atoms with van der Waals surface area (Å²) >= 11 is 0. The van der Waals surface area contributed by atoms with Crippen molar-refractivity contribution in [1.82, 2.24) is 14.9 Å². The molecule has 21 heavy (non-hydrogen) atoms. The highest BCUT2D eigenvalue weighted by atomic mass is 16.6. The van der Waals surface area contributed by atoms with Gasteiger partial charge in [-0.05, 0) is 32.9 Å². The summed E-state index contributed by atoms with van der Waals surface area (Å²) in [4.78, 5) is 26.7. The molecule has 0 aliphatic carbocycles. The van der Waals surface area contributed by atoms with E-state index in [2.05, 4.69) is 10.3 Å². The zero-order chi connectivity index (χ0) is 15.6. The Kier molecular flexibility index (Phi) is 3.75. The number of rotatable bonds is 3. The zero-order valence-corrected chi connectivity index (χ0v) is 12.0. The highest BCUT2D eigenvalue weighted by Crippen LogP contribution is 2.24. The molecule has 0 spiro atoms. The number of amides is 1. The fourth-order valence-corrected chi connectivity index (χ4v) is 1.84. The summed E-state index contributed by atoms with van der Waals surface area (Å²) in [5.41, 5.74) is 0.0642. The largest absolute Gasteiger partial charge is 0.347 e. The van der Waals surface area contributed by atoms with Crippen molar-refractivity contribution in [1.29, 1.82) is 0 Å². The van der Waals surface area contributed by atoms with Gasteiger partial charge in [0.05, 0.1) is 11.3 Å². The lowest BCUT2D eigenvalue weighted by atomic mass is 10.1. The van der Waals surface area contributed by atoms with Crippen LogP contribution in [-0.2, 0) is 0 Å². The predicted molar refractivity (Wildman–Crippen MR) is 77.4 cm³/mol. The van der Waals surface area contributed by atoms with E-state index in [1.807, 2.05) is 20.8 Å². The number of nitro benzene ring substituents is 1. The molecule has 1 N–H and O–H groups in total. The van der Waals surface area contributed by atoms with Crippen molar-refractivity contribution in [3.8, 4) is 5.69 Å². The first-order chi connectivity index (χ1) is 9.78. The second kappa shape index (κ2) is 5.35. The van der Waals surface area contributed by atoms with Crippen molar-refractivity contribution < 1.29 is 9.72 Å². The van der Waals surface area contributed by atoms with Crippen LogP contribution in [0, 0.1) is 10.1 Å². The Bertz CT molecular complexity index is 672. The summed E-state index contributed by atoms with van der Waals surface area (Å²) in [6.45, 7) is 5.54. The first-order valence-corrected chi connectivity index (χ1v) is 6.37. The average molecular weight is 288 g/mol. The molecule has 0 saturated heterocycles. The minimum atomic E-state index is -0.511. The van der Waals surface area contributed by atoms with E-state index in [4.69, 9.17) is 0 Å². The van der Waals surface area contributed by atoms with Crippen LogP contribution in [0.15, 0.2) is 36.9 Å². The summed E-state index contributed by atoms with van der Waals surface area (Å²) in [7, 11) is 0. The normalized spacial score (nSPS) is 11.2. The molecule has 2 aromatic rings. The number of hydrogen-bond donors (Lipinski definition) is 1. The van der Waals surface area contributed by atoms with E-state index in [1.54, 1.807) is 12.3 Å². The van der Waals surface area contributed by atoms with Gasteiger partial charge in [-0.2, -0.15) is 0 Å². The van der Waals surface area contributed by atoms with E-state index in [0.717, 1.165) is 0 Å². The maximum absolute atomic E-state index is 12.1. The molecular formula is C14H16N4O3. The van der Waals surface area contributed by atoms with Crippen LogP contribution in [-0.4, -0.2) is 25.9 Å². The molecule has 1 heterocycles.